The third kappa shape index (κ3) is 2.11. The smallest absolute Gasteiger partial charge is 0.269 e. The lowest BCUT2D eigenvalue weighted by atomic mass is 10.1. The second-order valence-corrected chi connectivity index (χ2v) is 4.23. The van der Waals surface area contributed by atoms with E-state index in [1.165, 1.54) is 0 Å². The standard InChI is InChI=1S/C11H13ClN2O2/c12-5-1-6-13-7-4-9-8-10(14(15)16)2-3-11(9)13/h2-3,8H,1,4-7H2. The van der Waals surface area contributed by atoms with Crippen molar-refractivity contribution in [2.75, 3.05) is 23.9 Å². The third-order valence-electron chi connectivity index (χ3n) is 2.83. The van der Waals surface area contributed by atoms with Gasteiger partial charge in [0.25, 0.3) is 5.69 Å². The predicted molar refractivity (Wildman–Crippen MR) is 64.4 cm³/mol. The van der Waals surface area contributed by atoms with Crippen LogP contribution < -0.4 is 4.90 Å². The Morgan fingerprint density at radius 3 is 3.00 bits per heavy atom. The average molecular weight is 241 g/mol. The highest BCUT2D eigenvalue weighted by atomic mass is 35.5. The van der Waals surface area contributed by atoms with E-state index in [9.17, 15) is 10.1 Å². The van der Waals surface area contributed by atoms with Gasteiger partial charge < -0.3 is 4.90 Å². The normalized spacial score (nSPS) is 13.9. The maximum absolute atomic E-state index is 10.6. The highest BCUT2D eigenvalue weighted by molar-refractivity contribution is 6.17. The Labute approximate surface area is 99.0 Å². The molecule has 0 atom stereocenters. The minimum absolute atomic E-state index is 0.179. The minimum Gasteiger partial charge on any atom is -0.371 e. The molecule has 0 radical (unpaired) electrons. The Hall–Kier alpha value is -1.29. The molecule has 0 bridgehead atoms. The lowest BCUT2D eigenvalue weighted by molar-refractivity contribution is -0.384. The van der Waals surface area contributed by atoms with Crippen molar-refractivity contribution in [2.45, 2.75) is 12.8 Å². The van der Waals surface area contributed by atoms with Crippen molar-refractivity contribution in [2.24, 2.45) is 0 Å². The Balaban J connectivity index is 2.18. The predicted octanol–water partition coefficient (Wildman–Crippen LogP) is 2.59. The van der Waals surface area contributed by atoms with Crippen molar-refractivity contribution in [3.63, 3.8) is 0 Å². The molecule has 16 heavy (non-hydrogen) atoms. The molecule has 1 aromatic carbocycles. The molecule has 86 valence electrons. The minimum atomic E-state index is -0.346. The van der Waals surface area contributed by atoms with Gasteiger partial charge in [-0.15, -0.1) is 11.6 Å². The molecule has 0 aromatic heterocycles. The van der Waals surface area contributed by atoms with Gasteiger partial charge in [-0.3, -0.25) is 10.1 Å². The van der Waals surface area contributed by atoms with Crippen LogP contribution in [0.5, 0.6) is 0 Å². The fourth-order valence-electron chi connectivity index (χ4n) is 2.05. The molecule has 0 aliphatic carbocycles. The van der Waals surface area contributed by atoms with E-state index in [4.69, 9.17) is 11.6 Å². The molecule has 0 unspecified atom stereocenters. The Bertz CT molecular complexity index is 409. The summed E-state index contributed by atoms with van der Waals surface area (Å²) in [6, 6.07) is 5.09. The molecule has 2 rings (SSSR count). The van der Waals surface area contributed by atoms with Crippen LogP contribution in [0.4, 0.5) is 11.4 Å². The molecule has 1 heterocycles. The summed E-state index contributed by atoms with van der Waals surface area (Å²) in [5.41, 5.74) is 2.37. The van der Waals surface area contributed by atoms with Crippen LogP contribution in [0.2, 0.25) is 0 Å². The number of benzene rings is 1. The number of halogens is 1. The number of nitro groups is 1. The molecule has 0 amide bonds. The summed E-state index contributed by atoms with van der Waals surface area (Å²) < 4.78 is 0. The first kappa shape index (κ1) is 11.2. The molecule has 0 N–H and O–H groups in total. The van der Waals surface area contributed by atoms with Gasteiger partial charge in [0.05, 0.1) is 4.92 Å². The summed E-state index contributed by atoms with van der Waals surface area (Å²) in [6.07, 6.45) is 1.83. The van der Waals surface area contributed by atoms with Crippen molar-refractivity contribution < 1.29 is 4.92 Å². The summed E-state index contributed by atoms with van der Waals surface area (Å²) in [4.78, 5) is 12.5. The molecule has 0 spiro atoms. The zero-order valence-corrected chi connectivity index (χ0v) is 9.61. The van der Waals surface area contributed by atoms with Crippen molar-refractivity contribution in [1.29, 1.82) is 0 Å². The number of rotatable bonds is 4. The number of nitrogens with zero attached hydrogens (tertiary/aromatic N) is 2. The average Bonchev–Trinajstić information content (AvgIpc) is 2.68. The van der Waals surface area contributed by atoms with E-state index >= 15 is 0 Å². The van der Waals surface area contributed by atoms with E-state index in [0.29, 0.717) is 5.88 Å². The summed E-state index contributed by atoms with van der Waals surface area (Å²) in [6.45, 7) is 1.86. The molecule has 1 aliphatic heterocycles. The van der Waals surface area contributed by atoms with Gasteiger partial charge in [-0.1, -0.05) is 0 Å². The molecule has 1 aliphatic rings. The summed E-state index contributed by atoms with van der Waals surface area (Å²) in [7, 11) is 0. The second-order valence-electron chi connectivity index (χ2n) is 3.85. The van der Waals surface area contributed by atoms with Crippen LogP contribution in [0.15, 0.2) is 18.2 Å². The summed E-state index contributed by atoms with van der Waals surface area (Å²) in [5.74, 6) is 0.652. The number of hydrogen-bond acceptors (Lipinski definition) is 3. The van der Waals surface area contributed by atoms with Crippen molar-refractivity contribution >= 4 is 23.0 Å². The van der Waals surface area contributed by atoms with E-state index in [2.05, 4.69) is 4.90 Å². The topological polar surface area (TPSA) is 46.4 Å². The molecule has 0 saturated carbocycles. The van der Waals surface area contributed by atoms with Gasteiger partial charge in [0, 0.05) is 36.8 Å². The molecule has 0 saturated heterocycles. The highest BCUT2D eigenvalue weighted by Gasteiger charge is 2.20. The lowest BCUT2D eigenvalue weighted by Gasteiger charge is -2.18. The molecule has 1 aromatic rings. The SMILES string of the molecule is O=[N+]([O-])c1ccc2c(c1)CCN2CCCCl. The fraction of sp³-hybridized carbons (Fsp3) is 0.455. The van der Waals surface area contributed by atoms with E-state index in [1.807, 2.05) is 6.07 Å². The van der Waals surface area contributed by atoms with Gasteiger partial charge in [-0.25, -0.2) is 0 Å². The van der Waals surface area contributed by atoms with Gasteiger partial charge in [-0.05, 0) is 24.5 Å². The maximum atomic E-state index is 10.6. The van der Waals surface area contributed by atoms with Crippen molar-refractivity contribution in [1.82, 2.24) is 0 Å². The molecular formula is C11H13ClN2O2. The van der Waals surface area contributed by atoms with E-state index < -0.39 is 0 Å². The van der Waals surface area contributed by atoms with Crippen LogP contribution in [0.25, 0.3) is 0 Å². The van der Waals surface area contributed by atoms with Crippen LogP contribution in [-0.4, -0.2) is 23.9 Å². The Kier molecular flexibility index (Phi) is 3.29. The van der Waals surface area contributed by atoms with Crippen molar-refractivity contribution in [3.8, 4) is 0 Å². The van der Waals surface area contributed by atoms with Crippen LogP contribution in [-0.2, 0) is 6.42 Å². The van der Waals surface area contributed by atoms with Gasteiger partial charge in [0.15, 0.2) is 0 Å². The lowest BCUT2D eigenvalue weighted by Crippen LogP contribution is -2.21. The zero-order valence-electron chi connectivity index (χ0n) is 8.86. The number of alkyl halides is 1. The Morgan fingerprint density at radius 1 is 1.50 bits per heavy atom. The van der Waals surface area contributed by atoms with E-state index in [1.54, 1.807) is 12.1 Å². The number of hydrogen-bond donors (Lipinski definition) is 0. The van der Waals surface area contributed by atoms with Gasteiger partial charge in [-0.2, -0.15) is 0 Å². The van der Waals surface area contributed by atoms with E-state index in [0.717, 1.165) is 37.2 Å². The first-order chi connectivity index (χ1) is 7.72. The monoisotopic (exact) mass is 240 g/mol. The summed E-state index contributed by atoms with van der Waals surface area (Å²) >= 11 is 5.66. The van der Waals surface area contributed by atoms with Gasteiger partial charge in [0.1, 0.15) is 0 Å². The van der Waals surface area contributed by atoms with Crippen molar-refractivity contribution in [3.05, 3.63) is 33.9 Å². The van der Waals surface area contributed by atoms with Crippen LogP contribution in [0, 0.1) is 10.1 Å². The number of fused-ring (bicyclic) bond motifs is 1. The maximum Gasteiger partial charge on any atom is 0.269 e. The highest BCUT2D eigenvalue weighted by Crippen LogP contribution is 2.31. The van der Waals surface area contributed by atoms with Crippen LogP contribution in [0.1, 0.15) is 12.0 Å². The third-order valence-corrected chi connectivity index (χ3v) is 3.09. The number of anilines is 1. The fourth-order valence-corrected chi connectivity index (χ4v) is 2.17. The van der Waals surface area contributed by atoms with Gasteiger partial charge >= 0.3 is 0 Å². The second kappa shape index (κ2) is 4.70. The number of non-ortho nitro benzene ring substituents is 1. The molecule has 4 nitrogen and oxygen atoms in total. The van der Waals surface area contributed by atoms with Crippen LogP contribution in [0.3, 0.4) is 0 Å². The number of nitro benzene ring substituents is 1. The Morgan fingerprint density at radius 2 is 2.31 bits per heavy atom. The first-order valence-electron chi connectivity index (χ1n) is 5.30. The van der Waals surface area contributed by atoms with Crippen LogP contribution >= 0.6 is 11.6 Å². The van der Waals surface area contributed by atoms with Gasteiger partial charge in [0.2, 0.25) is 0 Å². The van der Waals surface area contributed by atoms with E-state index in [-0.39, 0.29) is 10.6 Å². The first-order valence-corrected chi connectivity index (χ1v) is 5.84. The summed E-state index contributed by atoms with van der Waals surface area (Å²) in [5, 5.41) is 10.6. The largest absolute Gasteiger partial charge is 0.371 e. The quantitative estimate of drug-likeness (QED) is 0.462. The molecule has 5 heteroatoms. The molecule has 0 fully saturated rings. The zero-order chi connectivity index (χ0) is 11.5. The molecular weight excluding hydrogens is 228 g/mol.